The van der Waals surface area contributed by atoms with Gasteiger partial charge in [-0.3, -0.25) is 4.79 Å². The lowest BCUT2D eigenvalue weighted by molar-refractivity contribution is -0.121. The Morgan fingerprint density at radius 1 is 1.10 bits per heavy atom. The molecule has 156 valence electrons. The average Bonchev–Trinajstić information content (AvgIpc) is 3.23. The summed E-state index contributed by atoms with van der Waals surface area (Å²) in [6.07, 6.45) is 2.78. The molecular formula is C20H17Cl2N3O4S. The Labute approximate surface area is 184 Å². The third-order valence-electron chi connectivity index (χ3n) is 3.99. The molecule has 3 rings (SSSR count). The summed E-state index contributed by atoms with van der Waals surface area (Å²) in [5.41, 5.74) is 2.80. The van der Waals surface area contributed by atoms with Crippen LogP contribution in [-0.4, -0.2) is 31.4 Å². The summed E-state index contributed by atoms with van der Waals surface area (Å²) in [4.78, 5) is 12.4. The lowest BCUT2D eigenvalue weighted by Gasteiger charge is -2.22. The Hall–Kier alpha value is -2.65. The van der Waals surface area contributed by atoms with E-state index in [1.807, 2.05) is 0 Å². The third-order valence-corrected chi connectivity index (χ3v) is 6.38. The van der Waals surface area contributed by atoms with Gasteiger partial charge >= 0.3 is 0 Å². The van der Waals surface area contributed by atoms with Gasteiger partial charge in [0.15, 0.2) is 0 Å². The molecule has 3 aromatic rings. The summed E-state index contributed by atoms with van der Waals surface area (Å²) in [6, 6.07) is 15.9. The van der Waals surface area contributed by atoms with E-state index in [-0.39, 0.29) is 11.4 Å². The highest BCUT2D eigenvalue weighted by Crippen LogP contribution is 2.25. The molecule has 30 heavy (non-hydrogen) atoms. The van der Waals surface area contributed by atoms with E-state index in [9.17, 15) is 13.2 Å². The van der Waals surface area contributed by atoms with Gasteiger partial charge in [-0.2, -0.15) is 9.41 Å². The van der Waals surface area contributed by atoms with Crippen LogP contribution < -0.4 is 5.43 Å². The number of nitrogens with zero attached hydrogens (tertiary/aromatic N) is 2. The molecule has 2 aromatic carbocycles. The van der Waals surface area contributed by atoms with Crippen molar-refractivity contribution in [2.24, 2.45) is 5.10 Å². The zero-order chi connectivity index (χ0) is 21.6. The minimum atomic E-state index is -3.98. The predicted molar refractivity (Wildman–Crippen MR) is 115 cm³/mol. The summed E-state index contributed by atoms with van der Waals surface area (Å²) in [5, 5.41) is 4.50. The summed E-state index contributed by atoms with van der Waals surface area (Å²) in [7, 11) is -3.98. The number of hydrazone groups is 1. The van der Waals surface area contributed by atoms with Crippen LogP contribution in [0.5, 0.6) is 0 Å². The Kier molecular flexibility index (Phi) is 7.28. The van der Waals surface area contributed by atoms with Crippen molar-refractivity contribution < 1.29 is 17.6 Å². The molecule has 0 fully saturated rings. The van der Waals surface area contributed by atoms with Crippen LogP contribution in [0.15, 0.2) is 81.3 Å². The lowest BCUT2D eigenvalue weighted by atomic mass is 10.2. The van der Waals surface area contributed by atoms with Gasteiger partial charge < -0.3 is 4.42 Å². The largest absolute Gasteiger partial charge is 0.463 e. The smallest absolute Gasteiger partial charge is 0.255 e. The first kappa shape index (κ1) is 22.0. The van der Waals surface area contributed by atoms with Gasteiger partial charge in [0, 0.05) is 16.6 Å². The predicted octanol–water partition coefficient (Wildman–Crippen LogP) is 3.93. The van der Waals surface area contributed by atoms with Crippen LogP contribution in [0.1, 0.15) is 11.3 Å². The summed E-state index contributed by atoms with van der Waals surface area (Å²) < 4.78 is 32.4. The van der Waals surface area contributed by atoms with E-state index < -0.39 is 22.5 Å². The summed E-state index contributed by atoms with van der Waals surface area (Å²) >= 11 is 12.1. The van der Waals surface area contributed by atoms with Gasteiger partial charge in [0.2, 0.25) is 10.0 Å². The van der Waals surface area contributed by atoms with Crippen LogP contribution in [-0.2, 0) is 21.4 Å². The Morgan fingerprint density at radius 3 is 2.53 bits per heavy atom. The minimum Gasteiger partial charge on any atom is -0.463 e. The highest BCUT2D eigenvalue weighted by molar-refractivity contribution is 7.89. The second-order valence-electron chi connectivity index (χ2n) is 6.13. The number of furan rings is 1. The van der Waals surface area contributed by atoms with Gasteiger partial charge in [-0.05, 0) is 42.0 Å². The quantitative estimate of drug-likeness (QED) is 0.402. The lowest BCUT2D eigenvalue weighted by Crippen LogP contribution is -2.39. The van der Waals surface area contributed by atoms with Crippen molar-refractivity contribution in [3.63, 3.8) is 0 Å². The van der Waals surface area contributed by atoms with Gasteiger partial charge in [0.1, 0.15) is 5.76 Å². The molecule has 10 heteroatoms. The molecule has 0 saturated heterocycles. The minimum absolute atomic E-state index is 0.0574. The molecule has 0 aliphatic heterocycles. The Bertz CT molecular complexity index is 1130. The maximum atomic E-state index is 13.1. The molecular weight excluding hydrogens is 449 g/mol. The van der Waals surface area contributed by atoms with Crippen molar-refractivity contribution in [2.45, 2.75) is 11.4 Å². The van der Waals surface area contributed by atoms with Crippen molar-refractivity contribution >= 4 is 45.3 Å². The molecule has 1 amide bonds. The normalized spacial score (nSPS) is 11.8. The Morgan fingerprint density at radius 2 is 1.87 bits per heavy atom. The fraction of sp³-hybridized carbons (Fsp3) is 0.100. The fourth-order valence-electron chi connectivity index (χ4n) is 2.54. The maximum Gasteiger partial charge on any atom is 0.255 e. The van der Waals surface area contributed by atoms with Crippen molar-refractivity contribution in [3.05, 3.63) is 88.3 Å². The number of sulfonamides is 1. The van der Waals surface area contributed by atoms with Crippen molar-refractivity contribution in [1.29, 1.82) is 0 Å². The van der Waals surface area contributed by atoms with Gasteiger partial charge in [-0.1, -0.05) is 47.5 Å². The molecule has 1 heterocycles. The number of rotatable bonds is 8. The number of benzene rings is 2. The average molecular weight is 466 g/mol. The molecule has 7 nitrogen and oxygen atoms in total. The van der Waals surface area contributed by atoms with E-state index in [1.165, 1.54) is 30.7 Å². The molecule has 0 aliphatic rings. The second-order valence-corrected chi connectivity index (χ2v) is 8.91. The van der Waals surface area contributed by atoms with Crippen molar-refractivity contribution in [3.8, 4) is 0 Å². The SMILES string of the molecule is O=C(CN(Cc1ccc(Cl)cc1Cl)S(=O)(=O)c1ccccc1)N/N=C\c1ccco1. The van der Waals surface area contributed by atoms with Crippen molar-refractivity contribution in [1.82, 2.24) is 9.73 Å². The first-order valence-electron chi connectivity index (χ1n) is 8.71. The van der Waals surface area contributed by atoms with E-state index in [0.717, 1.165) is 4.31 Å². The third kappa shape index (κ3) is 5.70. The van der Waals surface area contributed by atoms with Crippen LogP contribution in [0.3, 0.4) is 0 Å². The standard InChI is InChI=1S/C20H17Cl2N3O4S/c21-16-9-8-15(19(22)11-16)13-25(30(27,28)18-6-2-1-3-7-18)14-20(26)24-23-12-17-5-4-10-29-17/h1-12H,13-14H2,(H,24,26)/b23-12-. The van der Waals surface area contributed by atoms with Crippen LogP contribution in [0.4, 0.5) is 0 Å². The number of carbonyl (C=O) groups is 1. The molecule has 1 N–H and O–H groups in total. The van der Waals surface area contributed by atoms with Crippen molar-refractivity contribution in [2.75, 3.05) is 6.54 Å². The van der Waals surface area contributed by atoms with Crippen LogP contribution in [0.25, 0.3) is 0 Å². The number of hydrogen-bond acceptors (Lipinski definition) is 5. The van der Waals surface area contributed by atoms with E-state index >= 15 is 0 Å². The molecule has 0 aliphatic carbocycles. The first-order valence-corrected chi connectivity index (χ1v) is 10.9. The van der Waals surface area contributed by atoms with E-state index in [0.29, 0.717) is 21.4 Å². The molecule has 0 saturated carbocycles. The van der Waals surface area contributed by atoms with Gasteiger partial charge in [0.25, 0.3) is 5.91 Å². The van der Waals surface area contributed by atoms with E-state index in [1.54, 1.807) is 42.5 Å². The van der Waals surface area contributed by atoms with Crippen LogP contribution in [0, 0.1) is 0 Å². The summed E-state index contributed by atoms with van der Waals surface area (Å²) in [6.45, 7) is -0.589. The Balaban J connectivity index is 1.82. The molecule has 0 radical (unpaired) electrons. The van der Waals surface area contributed by atoms with Crippen LogP contribution in [0.2, 0.25) is 10.0 Å². The first-order chi connectivity index (χ1) is 14.4. The zero-order valence-corrected chi connectivity index (χ0v) is 17.9. The topological polar surface area (TPSA) is 92.0 Å². The number of halogens is 2. The second kappa shape index (κ2) is 9.90. The van der Waals surface area contributed by atoms with Gasteiger partial charge in [-0.15, -0.1) is 0 Å². The zero-order valence-electron chi connectivity index (χ0n) is 15.5. The monoisotopic (exact) mass is 465 g/mol. The molecule has 1 aromatic heterocycles. The number of amides is 1. The summed E-state index contributed by atoms with van der Waals surface area (Å²) in [5.74, 6) is -0.181. The van der Waals surface area contributed by atoms with Gasteiger partial charge in [0.05, 0.1) is 23.9 Å². The molecule has 0 atom stereocenters. The molecule has 0 spiro atoms. The van der Waals surface area contributed by atoms with Crippen LogP contribution >= 0.6 is 23.2 Å². The maximum absolute atomic E-state index is 13.1. The fourth-order valence-corrected chi connectivity index (χ4v) is 4.40. The highest BCUT2D eigenvalue weighted by atomic mass is 35.5. The number of nitrogens with one attached hydrogen (secondary N) is 1. The van der Waals surface area contributed by atoms with Gasteiger partial charge in [-0.25, -0.2) is 13.8 Å². The number of carbonyl (C=O) groups excluding carboxylic acids is 1. The highest BCUT2D eigenvalue weighted by Gasteiger charge is 2.27. The van der Waals surface area contributed by atoms with E-state index in [4.69, 9.17) is 27.6 Å². The molecule has 0 bridgehead atoms. The number of hydrogen-bond donors (Lipinski definition) is 1. The molecule has 0 unspecified atom stereocenters. The van der Waals surface area contributed by atoms with E-state index in [2.05, 4.69) is 10.5 Å².